The summed E-state index contributed by atoms with van der Waals surface area (Å²) in [7, 11) is 0. The fraction of sp³-hybridized carbons (Fsp3) is 0.526. The number of primary amides is 1. The van der Waals surface area contributed by atoms with Gasteiger partial charge in [0.1, 0.15) is 0 Å². The number of hydrogen-bond acceptors (Lipinski definition) is 3. The van der Waals surface area contributed by atoms with E-state index in [1.807, 2.05) is 4.90 Å². The number of piperidine rings is 2. The molecule has 7 heteroatoms. The molecule has 0 unspecified atom stereocenters. The molecule has 2 N–H and O–H groups in total. The summed E-state index contributed by atoms with van der Waals surface area (Å²) >= 11 is 5.96. The Morgan fingerprint density at radius 2 is 1.50 bits per heavy atom. The van der Waals surface area contributed by atoms with E-state index in [-0.39, 0.29) is 29.6 Å². The van der Waals surface area contributed by atoms with Crippen LogP contribution in [0.4, 0.5) is 0 Å². The maximum atomic E-state index is 12.7. The van der Waals surface area contributed by atoms with Crippen molar-refractivity contribution in [3.05, 3.63) is 34.9 Å². The highest BCUT2D eigenvalue weighted by atomic mass is 35.5. The molecule has 0 aromatic heterocycles. The van der Waals surface area contributed by atoms with Crippen LogP contribution in [0.1, 0.15) is 36.0 Å². The number of hydrogen-bond donors (Lipinski definition) is 1. The van der Waals surface area contributed by atoms with E-state index in [1.165, 1.54) is 0 Å². The van der Waals surface area contributed by atoms with Gasteiger partial charge in [0.05, 0.1) is 0 Å². The lowest BCUT2D eigenvalue weighted by Gasteiger charge is -2.36. The molecule has 140 valence electrons. The number of amides is 3. The monoisotopic (exact) mass is 377 g/mol. The van der Waals surface area contributed by atoms with Gasteiger partial charge in [-0.15, -0.1) is 0 Å². The molecular weight excluding hydrogens is 354 g/mol. The van der Waals surface area contributed by atoms with Crippen LogP contribution in [0, 0.1) is 11.8 Å². The van der Waals surface area contributed by atoms with Gasteiger partial charge in [-0.25, -0.2) is 0 Å². The van der Waals surface area contributed by atoms with E-state index >= 15 is 0 Å². The predicted molar refractivity (Wildman–Crippen MR) is 98.6 cm³/mol. The first-order valence-electron chi connectivity index (χ1n) is 9.08. The molecule has 26 heavy (non-hydrogen) atoms. The molecular formula is C19H24ClN3O3. The molecule has 0 bridgehead atoms. The second-order valence-corrected chi connectivity index (χ2v) is 7.52. The summed E-state index contributed by atoms with van der Waals surface area (Å²) in [4.78, 5) is 40.1. The fourth-order valence-corrected chi connectivity index (χ4v) is 3.97. The number of nitrogens with two attached hydrogens (primary N) is 1. The average Bonchev–Trinajstić information content (AvgIpc) is 2.67. The normalized spacial score (nSPS) is 19.4. The Hall–Kier alpha value is -2.08. The van der Waals surface area contributed by atoms with Gasteiger partial charge in [-0.1, -0.05) is 17.7 Å². The maximum absolute atomic E-state index is 12.7. The first kappa shape index (κ1) is 18.7. The molecule has 1 aromatic carbocycles. The van der Waals surface area contributed by atoms with Gasteiger partial charge < -0.3 is 15.5 Å². The summed E-state index contributed by atoms with van der Waals surface area (Å²) in [5, 5.41) is 0.542. The van der Waals surface area contributed by atoms with Crippen LogP contribution in [0.3, 0.4) is 0 Å². The molecule has 3 rings (SSSR count). The first-order chi connectivity index (χ1) is 12.5. The summed E-state index contributed by atoms with van der Waals surface area (Å²) in [6, 6.07) is 6.94. The van der Waals surface area contributed by atoms with Crippen molar-refractivity contribution < 1.29 is 14.4 Å². The summed E-state index contributed by atoms with van der Waals surface area (Å²) in [5.41, 5.74) is 5.92. The largest absolute Gasteiger partial charge is 0.369 e. The lowest BCUT2D eigenvalue weighted by Crippen LogP contribution is -2.47. The third kappa shape index (κ3) is 4.18. The van der Waals surface area contributed by atoms with Gasteiger partial charge in [-0.2, -0.15) is 0 Å². The van der Waals surface area contributed by atoms with Crippen LogP contribution >= 0.6 is 11.6 Å². The number of carbonyl (C=O) groups excluding carboxylic acids is 3. The van der Waals surface area contributed by atoms with Gasteiger partial charge in [-0.3, -0.25) is 14.4 Å². The number of rotatable bonds is 3. The van der Waals surface area contributed by atoms with E-state index in [1.54, 1.807) is 29.2 Å². The summed E-state index contributed by atoms with van der Waals surface area (Å²) < 4.78 is 0. The van der Waals surface area contributed by atoms with Gasteiger partial charge in [0.15, 0.2) is 0 Å². The maximum Gasteiger partial charge on any atom is 0.253 e. The highest BCUT2D eigenvalue weighted by molar-refractivity contribution is 6.30. The number of halogens is 1. The molecule has 0 radical (unpaired) electrons. The van der Waals surface area contributed by atoms with Crippen LogP contribution in [0.5, 0.6) is 0 Å². The Labute approximate surface area is 158 Å². The van der Waals surface area contributed by atoms with Crippen LogP contribution in [-0.2, 0) is 9.59 Å². The zero-order chi connectivity index (χ0) is 18.7. The first-order valence-corrected chi connectivity index (χ1v) is 9.46. The molecule has 2 fully saturated rings. The molecule has 0 spiro atoms. The molecule has 0 saturated carbocycles. The molecule has 0 atom stereocenters. The third-order valence-electron chi connectivity index (χ3n) is 5.41. The minimum atomic E-state index is -0.273. The van der Waals surface area contributed by atoms with Crippen molar-refractivity contribution >= 4 is 29.3 Å². The molecule has 2 heterocycles. The molecule has 2 saturated heterocycles. The van der Waals surface area contributed by atoms with Crippen molar-refractivity contribution in [2.45, 2.75) is 25.7 Å². The van der Waals surface area contributed by atoms with Crippen LogP contribution in [0.15, 0.2) is 24.3 Å². The molecule has 0 aliphatic carbocycles. The molecule has 2 aliphatic rings. The Bertz CT molecular complexity index is 693. The van der Waals surface area contributed by atoms with Crippen molar-refractivity contribution in [2.75, 3.05) is 26.2 Å². The molecule has 3 amide bonds. The summed E-state index contributed by atoms with van der Waals surface area (Å²) in [6.45, 7) is 2.32. The standard InChI is InChI=1S/C19H24ClN3O3/c20-16-3-1-2-15(12-16)19(26)23-10-6-14(7-11-23)18(25)22-8-4-13(5-9-22)17(21)24/h1-3,12-14H,4-11H2,(H2,21,24). The van der Waals surface area contributed by atoms with Crippen LogP contribution in [0.25, 0.3) is 0 Å². The smallest absolute Gasteiger partial charge is 0.253 e. The fourth-order valence-electron chi connectivity index (χ4n) is 3.78. The van der Waals surface area contributed by atoms with Gasteiger partial charge in [0, 0.05) is 48.6 Å². The van der Waals surface area contributed by atoms with E-state index in [0.29, 0.717) is 62.4 Å². The quantitative estimate of drug-likeness (QED) is 0.873. The Kier molecular flexibility index (Phi) is 5.81. The van der Waals surface area contributed by atoms with Crippen molar-refractivity contribution in [2.24, 2.45) is 17.6 Å². The molecule has 6 nitrogen and oxygen atoms in total. The number of benzene rings is 1. The summed E-state index contributed by atoms with van der Waals surface area (Å²) in [5.74, 6) is -0.340. The lowest BCUT2D eigenvalue weighted by atomic mass is 9.91. The van der Waals surface area contributed by atoms with Gasteiger partial charge in [-0.05, 0) is 43.9 Å². The van der Waals surface area contributed by atoms with Crippen molar-refractivity contribution in [1.29, 1.82) is 0 Å². The summed E-state index contributed by atoms with van der Waals surface area (Å²) in [6.07, 6.45) is 2.63. The highest BCUT2D eigenvalue weighted by Crippen LogP contribution is 2.25. The Balaban J connectivity index is 1.51. The SMILES string of the molecule is NC(=O)C1CCN(C(=O)C2CCN(C(=O)c3cccc(Cl)c3)CC2)CC1. The van der Waals surface area contributed by atoms with Crippen molar-refractivity contribution in [1.82, 2.24) is 9.80 Å². The third-order valence-corrected chi connectivity index (χ3v) is 5.65. The zero-order valence-electron chi connectivity index (χ0n) is 14.7. The predicted octanol–water partition coefficient (Wildman–Crippen LogP) is 1.92. The van der Waals surface area contributed by atoms with Gasteiger partial charge in [0.25, 0.3) is 5.91 Å². The molecule has 2 aliphatic heterocycles. The zero-order valence-corrected chi connectivity index (χ0v) is 15.5. The minimum Gasteiger partial charge on any atom is -0.369 e. The Morgan fingerprint density at radius 3 is 2.08 bits per heavy atom. The highest BCUT2D eigenvalue weighted by Gasteiger charge is 2.33. The number of likely N-dealkylation sites (tertiary alicyclic amines) is 2. The van der Waals surface area contributed by atoms with Crippen LogP contribution < -0.4 is 5.73 Å². The topological polar surface area (TPSA) is 83.7 Å². The van der Waals surface area contributed by atoms with E-state index in [0.717, 1.165) is 0 Å². The van der Waals surface area contributed by atoms with Gasteiger partial charge in [0.2, 0.25) is 11.8 Å². The number of carbonyl (C=O) groups is 3. The van der Waals surface area contributed by atoms with Crippen molar-refractivity contribution in [3.8, 4) is 0 Å². The average molecular weight is 378 g/mol. The second-order valence-electron chi connectivity index (χ2n) is 7.08. The van der Waals surface area contributed by atoms with Crippen LogP contribution in [0.2, 0.25) is 5.02 Å². The van der Waals surface area contributed by atoms with Crippen LogP contribution in [-0.4, -0.2) is 53.7 Å². The lowest BCUT2D eigenvalue weighted by molar-refractivity contribution is -0.139. The number of nitrogens with zero attached hydrogens (tertiary/aromatic N) is 2. The Morgan fingerprint density at radius 1 is 0.923 bits per heavy atom. The van der Waals surface area contributed by atoms with Gasteiger partial charge >= 0.3 is 0 Å². The van der Waals surface area contributed by atoms with E-state index < -0.39 is 0 Å². The van der Waals surface area contributed by atoms with E-state index in [4.69, 9.17) is 17.3 Å². The minimum absolute atomic E-state index is 0.0410. The molecule has 1 aromatic rings. The van der Waals surface area contributed by atoms with E-state index in [9.17, 15) is 14.4 Å². The second kappa shape index (κ2) is 8.08. The van der Waals surface area contributed by atoms with E-state index in [2.05, 4.69) is 0 Å². The van der Waals surface area contributed by atoms with Crippen molar-refractivity contribution in [3.63, 3.8) is 0 Å².